The SMILES string of the molecule is CCOC(=O)c1nn2cc(-c3ccc(Cl)c(OC(F)(F)F)c3)[nH]c(=O)c2c1C1CC1. The number of fused-ring (bicyclic) bond motifs is 1. The topological polar surface area (TPSA) is 85.7 Å². The number of ether oxygens (including phenoxy) is 2. The summed E-state index contributed by atoms with van der Waals surface area (Å²) >= 11 is 5.78. The molecule has 1 aliphatic carbocycles. The number of hydrogen-bond donors (Lipinski definition) is 1. The Hall–Kier alpha value is -3.01. The number of aromatic amines is 1. The van der Waals surface area contributed by atoms with Crippen molar-refractivity contribution in [2.24, 2.45) is 0 Å². The third kappa shape index (κ3) is 3.87. The molecule has 0 unspecified atom stereocenters. The van der Waals surface area contributed by atoms with Crippen molar-refractivity contribution in [1.29, 1.82) is 0 Å². The zero-order valence-electron chi connectivity index (χ0n) is 15.5. The lowest BCUT2D eigenvalue weighted by atomic mass is 10.1. The largest absolute Gasteiger partial charge is 0.573 e. The quantitative estimate of drug-likeness (QED) is 0.597. The Bertz CT molecular complexity index is 1200. The van der Waals surface area contributed by atoms with Gasteiger partial charge in [-0.15, -0.1) is 13.2 Å². The molecule has 1 aliphatic rings. The molecule has 0 atom stereocenters. The zero-order chi connectivity index (χ0) is 21.6. The molecule has 0 saturated heterocycles. The highest BCUT2D eigenvalue weighted by Gasteiger charge is 2.35. The van der Waals surface area contributed by atoms with E-state index in [4.69, 9.17) is 16.3 Å². The van der Waals surface area contributed by atoms with Gasteiger partial charge in [-0.1, -0.05) is 17.7 Å². The summed E-state index contributed by atoms with van der Waals surface area (Å²) in [6.07, 6.45) is -1.85. The molecule has 0 aliphatic heterocycles. The van der Waals surface area contributed by atoms with Gasteiger partial charge in [0.05, 0.1) is 23.5 Å². The summed E-state index contributed by atoms with van der Waals surface area (Å²) in [5.41, 5.74) is 0.684. The number of H-pyrrole nitrogens is 1. The molecule has 1 aromatic carbocycles. The Balaban J connectivity index is 1.84. The molecule has 30 heavy (non-hydrogen) atoms. The van der Waals surface area contributed by atoms with Gasteiger partial charge in [-0.05, 0) is 37.8 Å². The number of carbonyl (C=O) groups excluding carboxylic acids is 1. The van der Waals surface area contributed by atoms with Crippen LogP contribution in [0.3, 0.4) is 0 Å². The Morgan fingerprint density at radius 2 is 2.10 bits per heavy atom. The average molecular weight is 442 g/mol. The predicted octanol–water partition coefficient (Wildman–Crippen LogP) is 4.30. The van der Waals surface area contributed by atoms with Gasteiger partial charge in [0.25, 0.3) is 5.56 Å². The molecule has 7 nitrogen and oxygen atoms in total. The van der Waals surface area contributed by atoms with E-state index in [1.165, 1.54) is 22.8 Å². The lowest BCUT2D eigenvalue weighted by Gasteiger charge is -2.12. The highest BCUT2D eigenvalue weighted by molar-refractivity contribution is 6.32. The summed E-state index contributed by atoms with van der Waals surface area (Å²) < 4.78 is 48.0. The van der Waals surface area contributed by atoms with Gasteiger partial charge >= 0.3 is 12.3 Å². The number of rotatable bonds is 5. The second-order valence-corrected chi connectivity index (χ2v) is 7.15. The van der Waals surface area contributed by atoms with Crippen molar-refractivity contribution in [3.63, 3.8) is 0 Å². The van der Waals surface area contributed by atoms with E-state index < -0.39 is 23.6 Å². The highest BCUT2D eigenvalue weighted by Crippen LogP contribution is 2.43. The molecule has 0 amide bonds. The van der Waals surface area contributed by atoms with Gasteiger partial charge in [-0.3, -0.25) is 4.79 Å². The lowest BCUT2D eigenvalue weighted by molar-refractivity contribution is -0.274. The monoisotopic (exact) mass is 441 g/mol. The fourth-order valence-electron chi connectivity index (χ4n) is 3.23. The Labute approximate surface area is 172 Å². The fourth-order valence-corrected chi connectivity index (χ4v) is 3.39. The third-order valence-corrected chi connectivity index (χ3v) is 4.90. The highest BCUT2D eigenvalue weighted by atomic mass is 35.5. The summed E-state index contributed by atoms with van der Waals surface area (Å²) in [4.78, 5) is 27.7. The Morgan fingerprint density at radius 3 is 2.73 bits per heavy atom. The molecular formula is C19H15ClF3N3O4. The van der Waals surface area contributed by atoms with Crippen molar-refractivity contribution < 1.29 is 27.4 Å². The van der Waals surface area contributed by atoms with Crippen LogP contribution in [0.25, 0.3) is 16.8 Å². The van der Waals surface area contributed by atoms with Crippen molar-refractivity contribution in [1.82, 2.24) is 14.6 Å². The van der Waals surface area contributed by atoms with E-state index >= 15 is 0 Å². The van der Waals surface area contributed by atoms with Crippen LogP contribution >= 0.6 is 11.6 Å². The van der Waals surface area contributed by atoms with Crippen molar-refractivity contribution in [2.45, 2.75) is 32.0 Å². The third-order valence-electron chi connectivity index (χ3n) is 4.58. The number of alkyl halides is 3. The molecule has 3 aromatic rings. The van der Waals surface area contributed by atoms with Crippen LogP contribution in [-0.4, -0.2) is 33.5 Å². The lowest BCUT2D eigenvalue weighted by Crippen LogP contribution is -2.17. The van der Waals surface area contributed by atoms with Crippen LogP contribution in [0.5, 0.6) is 5.75 Å². The summed E-state index contributed by atoms with van der Waals surface area (Å²) in [5.74, 6) is -1.19. The number of nitrogens with one attached hydrogen (secondary N) is 1. The maximum atomic E-state index is 12.8. The molecular weight excluding hydrogens is 427 g/mol. The summed E-state index contributed by atoms with van der Waals surface area (Å²) in [5, 5.41) is 3.99. The van der Waals surface area contributed by atoms with E-state index in [9.17, 15) is 22.8 Å². The van der Waals surface area contributed by atoms with Gasteiger partial charge in [0, 0.05) is 11.1 Å². The number of carbonyl (C=O) groups is 1. The van der Waals surface area contributed by atoms with E-state index in [0.29, 0.717) is 5.56 Å². The van der Waals surface area contributed by atoms with E-state index in [1.807, 2.05) is 0 Å². The standard InChI is InChI=1S/C19H15ClF3N3O4/c1-2-29-18(28)15-14(9-3-4-9)16-17(27)24-12(8-26(16)25-15)10-5-6-11(20)13(7-10)30-19(21,22)23/h5-9H,2-4H2,1H3,(H,24,27). The van der Waals surface area contributed by atoms with E-state index in [1.54, 1.807) is 6.92 Å². The van der Waals surface area contributed by atoms with E-state index in [2.05, 4.69) is 14.8 Å². The minimum Gasteiger partial charge on any atom is -0.461 e. The second kappa shape index (κ2) is 7.35. The maximum Gasteiger partial charge on any atom is 0.573 e. The van der Waals surface area contributed by atoms with Crippen LogP contribution in [0.4, 0.5) is 13.2 Å². The molecule has 4 rings (SSSR count). The molecule has 1 saturated carbocycles. The normalized spacial score (nSPS) is 14.2. The van der Waals surface area contributed by atoms with Crippen LogP contribution in [0.2, 0.25) is 5.02 Å². The van der Waals surface area contributed by atoms with Gasteiger partial charge < -0.3 is 14.5 Å². The summed E-state index contributed by atoms with van der Waals surface area (Å²) in [6.45, 7) is 1.82. The number of benzene rings is 1. The molecule has 0 bridgehead atoms. The van der Waals surface area contributed by atoms with Crippen LogP contribution < -0.4 is 10.3 Å². The van der Waals surface area contributed by atoms with Crippen LogP contribution in [0.1, 0.15) is 41.7 Å². The molecule has 1 fully saturated rings. The summed E-state index contributed by atoms with van der Waals surface area (Å²) in [6, 6.07) is 3.72. The molecule has 2 aromatic heterocycles. The van der Waals surface area contributed by atoms with Crippen molar-refractivity contribution in [3.8, 4) is 17.0 Å². The first-order valence-electron chi connectivity index (χ1n) is 9.06. The number of hydrogen-bond acceptors (Lipinski definition) is 5. The van der Waals surface area contributed by atoms with Crippen LogP contribution in [0, 0.1) is 0 Å². The number of aromatic nitrogens is 3. The number of esters is 1. The Morgan fingerprint density at radius 1 is 1.37 bits per heavy atom. The molecule has 1 N–H and O–H groups in total. The number of halogens is 4. The fraction of sp³-hybridized carbons (Fsp3) is 0.316. The molecule has 0 spiro atoms. The first-order valence-corrected chi connectivity index (χ1v) is 9.44. The molecule has 11 heteroatoms. The van der Waals surface area contributed by atoms with Crippen molar-refractivity contribution in [3.05, 3.63) is 51.0 Å². The van der Waals surface area contributed by atoms with Gasteiger partial charge in [0.2, 0.25) is 0 Å². The minimum atomic E-state index is -4.92. The van der Waals surface area contributed by atoms with E-state index in [0.717, 1.165) is 18.9 Å². The van der Waals surface area contributed by atoms with Gasteiger partial charge in [0.15, 0.2) is 5.69 Å². The van der Waals surface area contributed by atoms with E-state index in [-0.39, 0.29) is 40.0 Å². The maximum absolute atomic E-state index is 12.8. The van der Waals surface area contributed by atoms with Gasteiger partial charge in [-0.25, -0.2) is 9.31 Å². The molecule has 0 radical (unpaired) electrons. The Kier molecular flexibility index (Phi) is 4.97. The van der Waals surface area contributed by atoms with Gasteiger partial charge in [-0.2, -0.15) is 5.10 Å². The van der Waals surface area contributed by atoms with Gasteiger partial charge in [0.1, 0.15) is 11.3 Å². The smallest absolute Gasteiger partial charge is 0.461 e. The van der Waals surface area contributed by atoms with Crippen molar-refractivity contribution in [2.75, 3.05) is 6.61 Å². The number of nitrogens with zero attached hydrogens (tertiary/aromatic N) is 2. The first-order chi connectivity index (χ1) is 14.2. The van der Waals surface area contributed by atoms with Crippen molar-refractivity contribution >= 4 is 23.1 Å². The second-order valence-electron chi connectivity index (χ2n) is 6.74. The molecule has 2 heterocycles. The first kappa shape index (κ1) is 20.3. The van der Waals surface area contributed by atoms with Crippen LogP contribution in [-0.2, 0) is 4.74 Å². The minimum absolute atomic E-state index is 0.0381. The average Bonchev–Trinajstić information content (AvgIpc) is 3.42. The van der Waals surface area contributed by atoms with Crippen LogP contribution in [0.15, 0.2) is 29.2 Å². The molecule has 158 valence electrons. The zero-order valence-corrected chi connectivity index (χ0v) is 16.3. The summed E-state index contributed by atoms with van der Waals surface area (Å²) in [7, 11) is 0. The predicted molar refractivity (Wildman–Crippen MR) is 101 cm³/mol.